The molecule has 0 aliphatic rings. The monoisotopic (exact) mass is 244 g/mol. The van der Waals surface area contributed by atoms with Crippen LogP contribution in [-0.2, 0) is 6.61 Å². The number of thiophene rings is 1. The van der Waals surface area contributed by atoms with Crippen molar-refractivity contribution >= 4 is 25.8 Å². The fourth-order valence-electron chi connectivity index (χ4n) is 1.01. The number of hydrogen-bond acceptors (Lipinski definition) is 2. The van der Waals surface area contributed by atoms with Crippen molar-refractivity contribution < 1.29 is 5.11 Å². The van der Waals surface area contributed by atoms with E-state index in [4.69, 9.17) is 5.11 Å². The Kier molecular flexibility index (Phi) is 2.47. The summed E-state index contributed by atoms with van der Waals surface area (Å²) in [4.78, 5) is 4.57. The molecular weight excluding hydrogens is 235 g/mol. The molecule has 0 amide bonds. The van der Waals surface area contributed by atoms with E-state index in [-0.39, 0.29) is 6.61 Å². The first-order valence-corrected chi connectivity index (χ1v) is 6.30. The molecule has 2 rings (SSSR count). The van der Waals surface area contributed by atoms with Crippen LogP contribution >= 0.6 is 11.3 Å². The van der Waals surface area contributed by atoms with Gasteiger partial charge in [0.25, 0.3) is 0 Å². The molecule has 0 aliphatic carbocycles. The van der Waals surface area contributed by atoms with Crippen LogP contribution in [0.1, 0.15) is 4.88 Å². The Hall–Kier alpha value is -0.341. The zero-order valence-corrected chi connectivity index (χ0v) is 8.89. The van der Waals surface area contributed by atoms with E-state index in [1.54, 1.807) is 11.3 Å². The molecule has 3 heteroatoms. The van der Waals surface area contributed by atoms with Crippen LogP contribution in [0.2, 0.25) is 0 Å². The van der Waals surface area contributed by atoms with Crippen molar-refractivity contribution in [2.75, 3.05) is 0 Å². The molecule has 0 aromatic carbocycles. The molecule has 2 heterocycles. The maximum absolute atomic E-state index is 8.87. The quantitative estimate of drug-likeness (QED) is 0.799. The van der Waals surface area contributed by atoms with Gasteiger partial charge in [-0.25, -0.2) is 0 Å². The number of rotatable bonds is 2. The average Bonchev–Trinajstić information content (AvgIpc) is 2.75. The number of aliphatic hydroxyl groups excluding tert-OH is 1. The second-order valence-corrected chi connectivity index (χ2v) is 5.56. The van der Waals surface area contributed by atoms with Crippen molar-refractivity contribution in [2.24, 2.45) is 0 Å². The fraction of sp³-hybridized carbons (Fsp3) is 0.111. The molecule has 1 N–H and O–H groups in total. The average molecular weight is 243 g/mol. The van der Waals surface area contributed by atoms with Gasteiger partial charge in [0.15, 0.2) is 0 Å². The molecule has 62 valence electrons. The van der Waals surface area contributed by atoms with Gasteiger partial charge >= 0.3 is 81.0 Å². The molecule has 0 aliphatic heterocycles. The molecule has 12 heavy (non-hydrogen) atoms. The molecular formula is C9H8OSSe. The zero-order chi connectivity index (χ0) is 8.39. The fourth-order valence-corrected chi connectivity index (χ4v) is 3.67. The molecule has 0 saturated heterocycles. The Morgan fingerprint density at radius 2 is 2.25 bits per heavy atom. The molecule has 0 unspecified atom stereocenters. The van der Waals surface area contributed by atoms with Crippen molar-refractivity contribution in [1.29, 1.82) is 0 Å². The van der Waals surface area contributed by atoms with Crippen LogP contribution in [-0.4, -0.2) is 19.6 Å². The molecule has 0 spiro atoms. The van der Waals surface area contributed by atoms with E-state index in [1.807, 2.05) is 6.07 Å². The van der Waals surface area contributed by atoms with Crippen LogP contribution in [0, 0.1) is 0 Å². The van der Waals surface area contributed by atoms with Crippen LogP contribution in [0.25, 0.3) is 9.31 Å². The summed E-state index contributed by atoms with van der Waals surface area (Å²) in [6, 6.07) is 8.35. The summed E-state index contributed by atoms with van der Waals surface area (Å²) in [5.74, 6) is 0. The Bertz CT molecular complexity index is 350. The maximum atomic E-state index is 8.87. The van der Waals surface area contributed by atoms with Gasteiger partial charge < -0.3 is 0 Å². The summed E-state index contributed by atoms with van der Waals surface area (Å²) in [5.41, 5.74) is 0. The second kappa shape index (κ2) is 3.58. The van der Waals surface area contributed by atoms with E-state index < -0.39 is 0 Å². The van der Waals surface area contributed by atoms with Gasteiger partial charge in [-0.2, -0.15) is 0 Å². The zero-order valence-electron chi connectivity index (χ0n) is 6.36. The van der Waals surface area contributed by atoms with E-state index in [1.165, 1.54) is 9.31 Å². The molecule has 1 nitrogen and oxygen atoms in total. The van der Waals surface area contributed by atoms with E-state index in [9.17, 15) is 0 Å². The van der Waals surface area contributed by atoms with Gasteiger partial charge in [-0.3, -0.25) is 0 Å². The Morgan fingerprint density at radius 3 is 2.83 bits per heavy atom. The van der Waals surface area contributed by atoms with Crippen molar-refractivity contribution in [3.63, 3.8) is 0 Å². The van der Waals surface area contributed by atoms with Gasteiger partial charge in [-0.15, -0.1) is 0 Å². The van der Waals surface area contributed by atoms with Crippen LogP contribution in [0.4, 0.5) is 0 Å². The van der Waals surface area contributed by atoms with E-state index in [0.717, 1.165) is 4.88 Å². The topological polar surface area (TPSA) is 20.2 Å². The third kappa shape index (κ3) is 1.54. The van der Waals surface area contributed by atoms with Gasteiger partial charge in [0.05, 0.1) is 0 Å². The Morgan fingerprint density at radius 1 is 1.33 bits per heavy atom. The minimum absolute atomic E-state index is 0.165. The molecule has 0 radical (unpaired) electrons. The van der Waals surface area contributed by atoms with Crippen molar-refractivity contribution in [2.45, 2.75) is 6.61 Å². The predicted molar refractivity (Wildman–Crippen MR) is 52.6 cm³/mol. The third-order valence-electron chi connectivity index (χ3n) is 1.58. The number of aliphatic hydroxyl groups is 1. The summed E-state index contributed by atoms with van der Waals surface area (Å²) < 4.78 is 1.42. The summed E-state index contributed by atoms with van der Waals surface area (Å²) >= 11 is 2.20. The van der Waals surface area contributed by atoms with Crippen LogP contribution in [0.15, 0.2) is 29.2 Å². The van der Waals surface area contributed by atoms with E-state index in [0.29, 0.717) is 14.5 Å². The molecule has 2 aromatic heterocycles. The minimum atomic E-state index is 0.165. The van der Waals surface area contributed by atoms with Gasteiger partial charge in [-0.1, -0.05) is 0 Å². The van der Waals surface area contributed by atoms with Crippen molar-refractivity contribution in [1.82, 2.24) is 0 Å². The molecule has 2 aromatic rings. The predicted octanol–water partition coefficient (Wildman–Crippen LogP) is 1.96. The molecule has 0 bridgehead atoms. The van der Waals surface area contributed by atoms with Crippen molar-refractivity contribution in [3.8, 4) is 9.31 Å². The normalized spacial score (nSPS) is 10.4. The standard InChI is InChI=1S/C9H8OSSe/c10-6-7-3-4-8(11-7)9-2-1-5-12-9/h1-5,10H,6H2. The van der Waals surface area contributed by atoms with E-state index >= 15 is 0 Å². The van der Waals surface area contributed by atoms with E-state index in [2.05, 4.69) is 23.1 Å². The molecule has 0 saturated carbocycles. The Labute approximate surface area is 81.0 Å². The van der Waals surface area contributed by atoms with Gasteiger partial charge in [0, 0.05) is 0 Å². The summed E-state index contributed by atoms with van der Waals surface area (Å²) in [6.07, 6.45) is 0. The second-order valence-electron chi connectivity index (χ2n) is 2.40. The van der Waals surface area contributed by atoms with Crippen LogP contribution in [0.3, 0.4) is 0 Å². The summed E-state index contributed by atoms with van der Waals surface area (Å²) in [5, 5.41) is 8.87. The van der Waals surface area contributed by atoms with Gasteiger partial charge in [-0.05, 0) is 0 Å². The first-order valence-electron chi connectivity index (χ1n) is 3.63. The van der Waals surface area contributed by atoms with Gasteiger partial charge in [0.2, 0.25) is 0 Å². The van der Waals surface area contributed by atoms with Gasteiger partial charge in [0.1, 0.15) is 0 Å². The van der Waals surface area contributed by atoms with Crippen molar-refractivity contribution in [3.05, 3.63) is 34.1 Å². The Balaban J connectivity index is 2.35. The van der Waals surface area contributed by atoms with Crippen LogP contribution < -0.4 is 0 Å². The first-order chi connectivity index (χ1) is 5.90. The third-order valence-corrected chi connectivity index (χ3v) is 4.87. The molecule has 0 fully saturated rings. The summed E-state index contributed by atoms with van der Waals surface area (Å²) in [6.45, 7) is 0.165. The number of hydrogen-bond donors (Lipinski definition) is 1. The SMILES string of the molecule is OCc1ccc(-c2ccc[se]2)s1. The summed E-state index contributed by atoms with van der Waals surface area (Å²) in [7, 11) is 0. The van der Waals surface area contributed by atoms with Crippen LogP contribution in [0.5, 0.6) is 0 Å². The first kappa shape index (κ1) is 8.27. The molecule has 0 atom stereocenters.